The minimum atomic E-state index is -0.184. The summed E-state index contributed by atoms with van der Waals surface area (Å²) in [7, 11) is 0. The number of hydrogen-bond acceptors (Lipinski definition) is 6. The van der Waals surface area contributed by atoms with Crippen LogP contribution in [-0.4, -0.2) is 130 Å². The van der Waals surface area contributed by atoms with E-state index < -0.39 is 0 Å². The molecule has 0 atom stereocenters. The van der Waals surface area contributed by atoms with Gasteiger partial charge in [0.1, 0.15) is 39.5 Å². The number of nitrogens with two attached hydrogens (primary N) is 1. The maximum atomic E-state index is 13.5. The third kappa shape index (κ3) is 17.7. The number of ether oxygens (including phenoxy) is 3. The van der Waals surface area contributed by atoms with Gasteiger partial charge in [0.25, 0.3) is 5.91 Å². The zero-order chi connectivity index (χ0) is 36.1. The number of hydrogen-bond donors (Lipinski definition) is 3. The minimum Gasteiger partial charge on any atom is -1.00 e. The average Bonchev–Trinajstić information content (AvgIpc) is 3.12. The normalized spacial score (nSPS) is 11.4. The van der Waals surface area contributed by atoms with Gasteiger partial charge in [-0.25, -0.2) is 5.84 Å². The fourth-order valence-corrected chi connectivity index (χ4v) is 6.50. The molecule has 1 aromatic carbocycles. The van der Waals surface area contributed by atoms with E-state index in [0.29, 0.717) is 55.6 Å². The summed E-state index contributed by atoms with van der Waals surface area (Å²) in [4.78, 5) is 24.9. The molecule has 0 aliphatic rings. The van der Waals surface area contributed by atoms with Crippen LogP contribution in [0.4, 0.5) is 0 Å². The summed E-state index contributed by atoms with van der Waals surface area (Å²) >= 11 is 0. The van der Waals surface area contributed by atoms with E-state index in [1.165, 1.54) is 0 Å². The summed E-state index contributed by atoms with van der Waals surface area (Å²) in [6.45, 7) is 34.0. The molecule has 14 heteroatoms. The first-order valence-electron chi connectivity index (χ1n) is 18.9. The Morgan fingerprint density at radius 2 is 0.961 bits per heavy atom. The van der Waals surface area contributed by atoms with Gasteiger partial charge in [-0.1, -0.05) is 6.42 Å². The number of amides is 2. The Morgan fingerprint density at radius 3 is 1.31 bits per heavy atom. The van der Waals surface area contributed by atoms with Crippen LogP contribution in [0.3, 0.4) is 0 Å². The highest BCUT2D eigenvalue weighted by Crippen LogP contribution is 2.39. The van der Waals surface area contributed by atoms with Crippen molar-refractivity contribution in [1.29, 1.82) is 0 Å². The summed E-state index contributed by atoms with van der Waals surface area (Å²) in [5.41, 5.74) is 2.64. The highest BCUT2D eigenvalue weighted by molar-refractivity contribution is 5.95. The van der Waals surface area contributed by atoms with E-state index in [-0.39, 0.29) is 62.8 Å². The zero-order valence-electron chi connectivity index (χ0n) is 33.4. The summed E-state index contributed by atoms with van der Waals surface area (Å²) in [5, 5.41) is 3.05. The van der Waals surface area contributed by atoms with E-state index in [0.717, 1.165) is 111 Å². The standard InChI is InChI=1S/C37H71N6O5.3BrH/c1-10-41(11-2,12-3)24-27-46-33-30-32(37(45)39-23-21-19-20-22-35(44)40-38)31-34(47-28-25-42(13-4,14-5)15-6)36(33)48-29-26-43(16-7,17-8)18-9;;;/h30-31H,10-29,38H2,1-9H3;3*1H/q+1;;;/p-1. The fourth-order valence-electron chi connectivity index (χ4n) is 6.50. The first kappa shape index (κ1) is 54.2. The molecule has 0 spiro atoms. The number of benzene rings is 1. The highest BCUT2D eigenvalue weighted by Gasteiger charge is 2.26. The molecule has 0 aliphatic heterocycles. The Bertz CT molecular complexity index is 1000. The monoisotopic (exact) mass is 918 g/mol. The van der Waals surface area contributed by atoms with E-state index in [2.05, 4.69) is 73.1 Å². The first-order chi connectivity index (χ1) is 23.1. The predicted octanol–water partition coefficient (Wildman–Crippen LogP) is -4.26. The maximum absolute atomic E-state index is 13.5. The van der Waals surface area contributed by atoms with E-state index in [4.69, 9.17) is 20.1 Å². The Balaban J connectivity index is -0.00000768. The second-order valence-corrected chi connectivity index (χ2v) is 13.0. The van der Waals surface area contributed by atoms with Crippen LogP contribution < -0.4 is 81.7 Å². The van der Waals surface area contributed by atoms with Gasteiger partial charge in [-0.05, 0) is 87.3 Å². The first-order valence-corrected chi connectivity index (χ1v) is 18.9. The van der Waals surface area contributed by atoms with Crippen LogP contribution in [-0.2, 0) is 4.79 Å². The molecule has 0 saturated carbocycles. The van der Waals surface area contributed by atoms with Crippen LogP contribution in [0.25, 0.3) is 0 Å². The molecule has 11 nitrogen and oxygen atoms in total. The summed E-state index contributed by atoms with van der Waals surface area (Å²) in [6.07, 6.45) is 2.68. The third-order valence-corrected chi connectivity index (χ3v) is 11.3. The van der Waals surface area contributed by atoms with E-state index in [9.17, 15) is 9.59 Å². The number of quaternary nitrogens is 3. The van der Waals surface area contributed by atoms with Crippen molar-refractivity contribution in [2.45, 2.75) is 88.0 Å². The second-order valence-electron chi connectivity index (χ2n) is 13.0. The quantitative estimate of drug-likeness (QED) is 0.0259. The Labute approximate surface area is 342 Å². The Kier molecular flexibility index (Phi) is 31.1. The van der Waals surface area contributed by atoms with Crippen molar-refractivity contribution in [2.24, 2.45) is 5.84 Å². The number of rotatable bonds is 28. The molecular formula is C37H73Br3N6O5. The molecule has 1 aromatic rings. The lowest BCUT2D eigenvalue weighted by Gasteiger charge is -2.36. The Morgan fingerprint density at radius 1 is 0.588 bits per heavy atom. The molecule has 302 valence electrons. The van der Waals surface area contributed by atoms with E-state index in [1.54, 1.807) is 0 Å². The van der Waals surface area contributed by atoms with Gasteiger partial charge in [-0.3, -0.25) is 15.0 Å². The molecule has 4 N–H and O–H groups in total. The van der Waals surface area contributed by atoms with Gasteiger partial charge in [0.2, 0.25) is 11.7 Å². The lowest BCUT2D eigenvalue weighted by atomic mass is 10.1. The number of carbonyl (C=O) groups is 2. The topological polar surface area (TPSA) is 112 Å². The SMILES string of the molecule is CC[N+](CC)(CC)CCOc1cc(C(=O)NCCCCCC(=O)NN)cc(OCC[N+](CC)(CC)CC)c1OCC[N+](CC)(CC)CC.[Br-].[Br-].[Br-]. The number of nitrogens with zero attached hydrogens (tertiary/aromatic N) is 3. The van der Waals surface area contributed by atoms with Gasteiger partial charge in [-0.15, -0.1) is 0 Å². The molecular weight excluding hydrogens is 848 g/mol. The van der Waals surface area contributed by atoms with Gasteiger partial charge in [-0.2, -0.15) is 0 Å². The molecule has 0 fully saturated rings. The van der Waals surface area contributed by atoms with E-state index in [1.807, 2.05) is 12.1 Å². The van der Waals surface area contributed by atoms with Gasteiger partial charge < -0.3 is 83.9 Å². The van der Waals surface area contributed by atoms with Crippen LogP contribution in [0.15, 0.2) is 12.1 Å². The van der Waals surface area contributed by atoms with Gasteiger partial charge in [0.05, 0.1) is 58.9 Å². The molecule has 2 amide bonds. The highest BCUT2D eigenvalue weighted by atomic mass is 79.9. The zero-order valence-corrected chi connectivity index (χ0v) is 38.1. The molecule has 0 aliphatic carbocycles. The average molecular weight is 922 g/mol. The minimum absolute atomic E-state index is 0. The van der Waals surface area contributed by atoms with Crippen LogP contribution in [0.1, 0.15) is 98.4 Å². The van der Waals surface area contributed by atoms with Gasteiger partial charge in [0, 0.05) is 18.5 Å². The van der Waals surface area contributed by atoms with Crippen LogP contribution >= 0.6 is 0 Å². The molecule has 0 radical (unpaired) electrons. The van der Waals surface area contributed by atoms with Crippen molar-refractivity contribution in [3.8, 4) is 17.2 Å². The number of hydrazine groups is 1. The van der Waals surface area contributed by atoms with Crippen molar-refractivity contribution in [1.82, 2.24) is 10.7 Å². The molecule has 51 heavy (non-hydrogen) atoms. The lowest BCUT2D eigenvalue weighted by molar-refractivity contribution is -0.923. The van der Waals surface area contributed by atoms with Crippen molar-refractivity contribution in [3.05, 3.63) is 17.7 Å². The fraction of sp³-hybridized carbons (Fsp3) is 0.784. The van der Waals surface area contributed by atoms with Crippen molar-refractivity contribution in [2.75, 3.05) is 105 Å². The molecule has 0 bridgehead atoms. The lowest BCUT2D eigenvalue weighted by Crippen LogP contribution is -3.00. The molecule has 0 heterocycles. The van der Waals surface area contributed by atoms with E-state index >= 15 is 0 Å². The largest absolute Gasteiger partial charge is 1.00 e. The number of halogens is 3. The third-order valence-electron chi connectivity index (χ3n) is 11.3. The summed E-state index contributed by atoms with van der Waals surface area (Å²) in [5.74, 6) is 6.50. The van der Waals surface area contributed by atoms with Crippen LogP contribution in [0.5, 0.6) is 17.2 Å². The van der Waals surface area contributed by atoms with Gasteiger partial charge >= 0.3 is 0 Å². The second kappa shape index (κ2) is 29.2. The molecule has 0 saturated heterocycles. The molecule has 0 unspecified atom stereocenters. The summed E-state index contributed by atoms with van der Waals surface area (Å²) in [6, 6.07) is 3.63. The number of carbonyl (C=O) groups excluding carboxylic acids is 2. The van der Waals surface area contributed by atoms with Crippen molar-refractivity contribution >= 4 is 11.8 Å². The smallest absolute Gasteiger partial charge is 0.251 e. The van der Waals surface area contributed by atoms with Crippen molar-refractivity contribution < 1.29 is 88.2 Å². The molecule has 0 aromatic heterocycles. The number of likely N-dealkylation sites (N-methyl/N-ethyl adjacent to an activating group) is 3. The number of unbranched alkanes of at least 4 members (excludes halogenated alkanes) is 2. The predicted molar refractivity (Wildman–Crippen MR) is 196 cm³/mol. The van der Waals surface area contributed by atoms with Crippen molar-refractivity contribution in [3.63, 3.8) is 0 Å². The Hall–Kier alpha value is -1.16. The number of nitrogens with one attached hydrogen (secondary N) is 2. The van der Waals surface area contributed by atoms with Crippen LogP contribution in [0.2, 0.25) is 0 Å². The summed E-state index contributed by atoms with van der Waals surface area (Å²) < 4.78 is 22.6. The van der Waals surface area contributed by atoms with Gasteiger partial charge in [0.15, 0.2) is 11.5 Å². The maximum Gasteiger partial charge on any atom is 0.251 e. The molecule has 1 rings (SSSR count). The van der Waals surface area contributed by atoms with Crippen LogP contribution in [0, 0.1) is 0 Å².